The molecule has 2 rings (SSSR count). The minimum absolute atomic E-state index is 0.0640. The summed E-state index contributed by atoms with van der Waals surface area (Å²) in [6, 6.07) is 9.68. The van der Waals surface area contributed by atoms with Gasteiger partial charge in [-0.25, -0.2) is 0 Å². The van der Waals surface area contributed by atoms with E-state index in [9.17, 15) is 4.79 Å². The zero-order valence-electron chi connectivity index (χ0n) is 11.4. The Morgan fingerprint density at radius 3 is 3.00 bits per heavy atom. The second-order valence-electron chi connectivity index (χ2n) is 4.78. The van der Waals surface area contributed by atoms with Gasteiger partial charge in [0.05, 0.1) is 5.52 Å². The summed E-state index contributed by atoms with van der Waals surface area (Å²) in [6.07, 6.45) is 5.02. The van der Waals surface area contributed by atoms with Crippen molar-refractivity contribution >= 4 is 22.9 Å². The third-order valence-corrected chi connectivity index (χ3v) is 3.03. The molecule has 1 atom stereocenters. The number of fused-ring (bicyclic) bond motifs is 1. The standard InChI is InChI=1S/C16H18N2O2/c1-12(11-19)10-18-16(20)7-6-13-8-9-17-15-5-3-2-4-14(13)15/h2-9,12,19H,10-11H2,1H3,(H,18,20)/b7-6+. The largest absolute Gasteiger partial charge is 0.396 e. The molecule has 0 aliphatic rings. The van der Waals surface area contributed by atoms with Gasteiger partial charge in [-0.05, 0) is 29.7 Å². The quantitative estimate of drug-likeness (QED) is 0.817. The smallest absolute Gasteiger partial charge is 0.244 e. The van der Waals surface area contributed by atoms with Crippen LogP contribution in [-0.4, -0.2) is 29.1 Å². The van der Waals surface area contributed by atoms with Gasteiger partial charge in [-0.1, -0.05) is 25.1 Å². The Bertz CT molecular complexity index is 617. The van der Waals surface area contributed by atoms with Gasteiger partial charge in [-0.2, -0.15) is 0 Å². The number of aliphatic hydroxyl groups excluding tert-OH is 1. The van der Waals surface area contributed by atoms with Crippen molar-refractivity contribution in [3.8, 4) is 0 Å². The number of nitrogens with one attached hydrogen (secondary N) is 1. The Morgan fingerprint density at radius 1 is 1.40 bits per heavy atom. The van der Waals surface area contributed by atoms with E-state index in [1.54, 1.807) is 12.3 Å². The van der Waals surface area contributed by atoms with Crippen LogP contribution in [0.1, 0.15) is 12.5 Å². The maximum atomic E-state index is 11.7. The Kier molecular flexibility index (Phi) is 4.85. The molecule has 0 fully saturated rings. The molecule has 4 heteroatoms. The fourth-order valence-electron chi connectivity index (χ4n) is 1.83. The van der Waals surface area contributed by atoms with Gasteiger partial charge in [0, 0.05) is 30.8 Å². The van der Waals surface area contributed by atoms with Gasteiger partial charge >= 0.3 is 0 Å². The highest BCUT2D eigenvalue weighted by Crippen LogP contribution is 2.17. The predicted molar refractivity (Wildman–Crippen MR) is 80.0 cm³/mol. The summed E-state index contributed by atoms with van der Waals surface area (Å²) in [5, 5.41) is 12.7. The van der Waals surface area contributed by atoms with E-state index in [1.807, 2.05) is 37.3 Å². The van der Waals surface area contributed by atoms with Crippen molar-refractivity contribution in [3.63, 3.8) is 0 Å². The lowest BCUT2D eigenvalue weighted by Crippen LogP contribution is -2.27. The molecule has 4 nitrogen and oxygen atoms in total. The summed E-state index contributed by atoms with van der Waals surface area (Å²) in [4.78, 5) is 16.0. The summed E-state index contributed by atoms with van der Waals surface area (Å²) in [5.74, 6) is -0.0969. The number of rotatable bonds is 5. The summed E-state index contributed by atoms with van der Waals surface area (Å²) >= 11 is 0. The molecule has 1 aromatic heterocycles. The summed E-state index contributed by atoms with van der Waals surface area (Å²) in [5.41, 5.74) is 1.87. The fraction of sp³-hybridized carbons (Fsp3) is 0.250. The van der Waals surface area contributed by atoms with Gasteiger partial charge < -0.3 is 10.4 Å². The number of aliphatic hydroxyl groups is 1. The zero-order chi connectivity index (χ0) is 14.4. The van der Waals surface area contributed by atoms with E-state index in [4.69, 9.17) is 5.11 Å². The molecule has 0 aliphatic heterocycles. The van der Waals surface area contributed by atoms with E-state index in [0.29, 0.717) is 6.54 Å². The molecule has 104 valence electrons. The normalized spacial score (nSPS) is 12.7. The number of aromatic nitrogens is 1. The molecular formula is C16H18N2O2. The van der Waals surface area contributed by atoms with Crippen LogP contribution >= 0.6 is 0 Å². The minimum atomic E-state index is -0.161. The average molecular weight is 270 g/mol. The van der Waals surface area contributed by atoms with Crippen LogP contribution < -0.4 is 5.32 Å². The maximum absolute atomic E-state index is 11.7. The fourth-order valence-corrected chi connectivity index (χ4v) is 1.83. The van der Waals surface area contributed by atoms with Gasteiger partial charge in [-0.15, -0.1) is 0 Å². The van der Waals surface area contributed by atoms with Crippen molar-refractivity contribution in [1.29, 1.82) is 0 Å². The first-order valence-electron chi connectivity index (χ1n) is 6.61. The van der Waals surface area contributed by atoms with E-state index in [1.165, 1.54) is 6.08 Å². The third-order valence-electron chi connectivity index (χ3n) is 3.03. The molecule has 1 unspecified atom stereocenters. The highest BCUT2D eigenvalue weighted by Gasteiger charge is 2.02. The van der Waals surface area contributed by atoms with Crippen LogP contribution in [0.15, 0.2) is 42.6 Å². The minimum Gasteiger partial charge on any atom is -0.396 e. The molecule has 2 N–H and O–H groups in total. The van der Waals surface area contributed by atoms with Crippen LogP contribution in [-0.2, 0) is 4.79 Å². The molecular weight excluding hydrogens is 252 g/mol. The van der Waals surface area contributed by atoms with Crippen LogP contribution in [0, 0.1) is 5.92 Å². The van der Waals surface area contributed by atoms with Crippen LogP contribution in [0.3, 0.4) is 0 Å². The highest BCUT2D eigenvalue weighted by atomic mass is 16.3. The van der Waals surface area contributed by atoms with E-state index in [-0.39, 0.29) is 18.4 Å². The van der Waals surface area contributed by atoms with Crippen molar-refractivity contribution in [1.82, 2.24) is 10.3 Å². The second-order valence-corrected chi connectivity index (χ2v) is 4.78. The van der Waals surface area contributed by atoms with Crippen LogP contribution in [0.2, 0.25) is 0 Å². The zero-order valence-corrected chi connectivity index (χ0v) is 11.4. The van der Waals surface area contributed by atoms with Gasteiger partial charge in [0.1, 0.15) is 0 Å². The average Bonchev–Trinajstić information content (AvgIpc) is 2.50. The number of amides is 1. The van der Waals surface area contributed by atoms with Crippen LogP contribution in [0.5, 0.6) is 0 Å². The molecule has 20 heavy (non-hydrogen) atoms. The number of hydrogen-bond donors (Lipinski definition) is 2. The number of pyridine rings is 1. The van der Waals surface area contributed by atoms with Crippen LogP contribution in [0.25, 0.3) is 17.0 Å². The molecule has 0 spiro atoms. The first-order valence-corrected chi connectivity index (χ1v) is 6.61. The lowest BCUT2D eigenvalue weighted by atomic mass is 10.1. The maximum Gasteiger partial charge on any atom is 0.244 e. The Labute approximate surface area is 118 Å². The van der Waals surface area contributed by atoms with Gasteiger partial charge in [0.2, 0.25) is 5.91 Å². The number of hydrogen-bond acceptors (Lipinski definition) is 3. The molecule has 1 amide bonds. The molecule has 0 saturated heterocycles. The summed E-state index contributed by atoms with van der Waals surface area (Å²) in [7, 11) is 0. The van der Waals surface area contributed by atoms with Gasteiger partial charge in [-0.3, -0.25) is 9.78 Å². The Hall–Kier alpha value is -2.20. The van der Waals surface area contributed by atoms with Crippen LogP contribution in [0.4, 0.5) is 0 Å². The van der Waals surface area contributed by atoms with Crippen molar-refractivity contribution < 1.29 is 9.90 Å². The lowest BCUT2D eigenvalue weighted by Gasteiger charge is -2.07. The van der Waals surface area contributed by atoms with E-state index < -0.39 is 0 Å². The summed E-state index contributed by atoms with van der Waals surface area (Å²) in [6.45, 7) is 2.41. The molecule has 0 saturated carbocycles. The summed E-state index contributed by atoms with van der Waals surface area (Å²) < 4.78 is 0. The molecule has 2 aromatic rings. The SMILES string of the molecule is CC(CO)CNC(=O)/C=C/c1ccnc2ccccc12. The predicted octanol–water partition coefficient (Wildman–Crippen LogP) is 1.99. The topological polar surface area (TPSA) is 62.2 Å². The monoisotopic (exact) mass is 270 g/mol. The third kappa shape index (κ3) is 3.65. The van der Waals surface area contributed by atoms with Crippen molar-refractivity contribution in [3.05, 3.63) is 48.2 Å². The lowest BCUT2D eigenvalue weighted by molar-refractivity contribution is -0.116. The first-order chi connectivity index (χ1) is 9.70. The molecule has 1 heterocycles. The Morgan fingerprint density at radius 2 is 2.20 bits per heavy atom. The van der Waals surface area contributed by atoms with Crippen molar-refractivity contribution in [2.24, 2.45) is 5.92 Å². The Balaban J connectivity index is 2.08. The highest BCUT2D eigenvalue weighted by molar-refractivity contribution is 5.95. The van der Waals surface area contributed by atoms with Gasteiger partial charge in [0.25, 0.3) is 0 Å². The molecule has 0 aliphatic carbocycles. The molecule has 1 aromatic carbocycles. The van der Waals surface area contributed by atoms with Crippen molar-refractivity contribution in [2.45, 2.75) is 6.92 Å². The van der Waals surface area contributed by atoms with Crippen molar-refractivity contribution in [2.75, 3.05) is 13.2 Å². The number of carbonyl (C=O) groups is 1. The van der Waals surface area contributed by atoms with E-state index in [0.717, 1.165) is 16.5 Å². The number of para-hydroxylation sites is 1. The second kappa shape index (κ2) is 6.82. The first kappa shape index (κ1) is 14.2. The molecule has 0 bridgehead atoms. The van der Waals surface area contributed by atoms with Gasteiger partial charge in [0.15, 0.2) is 0 Å². The van der Waals surface area contributed by atoms with E-state index >= 15 is 0 Å². The number of nitrogens with zero attached hydrogens (tertiary/aromatic N) is 1. The van der Waals surface area contributed by atoms with E-state index in [2.05, 4.69) is 10.3 Å². The number of benzene rings is 1. The number of carbonyl (C=O) groups excluding carboxylic acids is 1. The molecule has 0 radical (unpaired) electrons.